The third-order valence-corrected chi connectivity index (χ3v) is 4.38. The summed E-state index contributed by atoms with van der Waals surface area (Å²) in [4.78, 5) is 12.4. The van der Waals surface area contributed by atoms with Crippen molar-refractivity contribution < 1.29 is 9.53 Å². The third kappa shape index (κ3) is 3.69. The largest absolute Gasteiger partial charge is 0.492 e. The topological polar surface area (TPSA) is 64.3 Å². The van der Waals surface area contributed by atoms with E-state index in [4.69, 9.17) is 10.5 Å². The number of carbonyl (C=O) groups excluding carboxylic acids is 1. The van der Waals surface area contributed by atoms with Gasteiger partial charge >= 0.3 is 0 Å². The Bertz CT molecular complexity index is 512. The molecule has 0 aliphatic heterocycles. The van der Waals surface area contributed by atoms with Crippen LogP contribution in [0.25, 0.3) is 0 Å². The molecule has 116 valence electrons. The van der Waals surface area contributed by atoms with Gasteiger partial charge in [-0.2, -0.15) is 0 Å². The Balaban J connectivity index is 2.08. The first-order valence-electron chi connectivity index (χ1n) is 7.77. The van der Waals surface area contributed by atoms with E-state index >= 15 is 0 Å². The summed E-state index contributed by atoms with van der Waals surface area (Å²) >= 11 is 0. The average molecular weight is 290 g/mol. The minimum Gasteiger partial charge on any atom is -0.492 e. The molecule has 0 spiro atoms. The molecule has 4 heteroatoms. The van der Waals surface area contributed by atoms with Crippen molar-refractivity contribution >= 4 is 11.6 Å². The van der Waals surface area contributed by atoms with Crippen LogP contribution in [0.3, 0.4) is 0 Å². The lowest BCUT2D eigenvalue weighted by molar-refractivity contribution is 0.0853. The molecule has 1 aromatic rings. The predicted octanol–water partition coefficient (Wildman–Crippen LogP) is 3.37. The van der Waals surface area contributed by atoms with Crippen molar-refractivity contribution in [1.82, 2.24) is 5.32 Å². The van der Waals surface area contributed by atoms with Gasteiger partial charge in [0.1, 0.15) is 5.75 Å². The van der Waals surface area contributed by atoms with Crippen LogP contribution < -0.4 is 15.8 Å². The molecule has 1 aliphatic rings. The Hall–Kier alpha value is -1.71. The molecule has 4 nitrogen and oxygen atoms in total. The highest BCUT2D eigenvalue weighted by molar-refractivity contribution is 5.95. The first kappa shape index (κ1) is 15.7. The van der Waals surface area contributed by atoms with Crippen LogP contribution in [-0.4, -0.2) is 18.6 Å². The van der Waals surface area contributed by atoms with Crippen molar-refractivity contribution in [3.05, 3.63) is 23.8 Å². The summed E-state index contributed by atoms with van der Waals surface area (Å²) in [6.45, 7) is 6.92. The lowest BCUT2D eigenvalue weighted by Gasteiger charge is -2.39. The molecule has 0 heterocycles. The highest BCUT2D eigenvalue weighted by atomic mass is 16.5. The van der Waals surface area contributed by atoms with Crippen molar-refractivity contribution in [2.75, 3.05) is 12.3 Å². The molecule has 2 rings (SSSR count). The lowest BCUT2D eigenvalue weighted by Crippen LogP contribution is -2.46. The van der Waals surface area contributed by atoms with Gasteiger partial charge in [-0.05, 0) is 43.4 Å². The summed E-state index contributed by atoms with van der Waals surface area (Å²) < 4.78 is 5.40. The predicted molar refractivity (Wildman–Crippen MR) is 85.5 cm³/mol. The van der Waals surface area contributed by atoms with Gasteiger partial charge in [0.2, 0.25) is 0 Å². The van der Waals surface area contributed by atoms with Gasteiger partial charge < -0.3 is 15.8 Å². The van der Waals surface area contributed by atoms with Crippen LogP contribution in [0.2, 0.25) is 0 Å². The van der Waals surface area contributed by atoms with Crippen LogP contribution in [0.5, 0.6) is 5.75 Å². The fourth-order valence-electron chi connectivity index (χ4n) is 2.98. The zero-order chi connectivity index (χ0) is 15.5. The zero-order valence-corrected chi connectivity index (χ0v) is 13.2. The van der Waals surface area contributed by atoms with Gasteiger partial charge in [0.25, 0.3) is 5.91 Å². The third-order valence-electron chi connectivity index (χ3n) is 4.38. The van der Waals surface area contributed by atoms with E-state index in [0.29, 0.717) is 23.6 Å². The Kier molecular flexibility index (Phi) is 4.76. The van der Waals surface area contributed by atoms with Crippen molar-refractivity contribution in [2.45, 2.75) is 52.5 Å². The number of nitrogens with one attached hydrogen (secondary N) is 1. The number of anilines is 1. The monoisotopic (exact) mass is 290 g/mol. The van der Waals surface area contributed by atoms with E-state index in [-0.39, 0.29) is 17.4 Å². The normalized spacial score (nSPS) is 20.8. The number of rotatable bonds is 4. The van der Waals surface area contributed by atoms with Gasteiger partial charge in [0, 0.05) is 11.6 Å². The van der Waals surface area contributed by atoms with E-state index in [1.165, 1.54) is 12.8 Å². The molecule has 0 bridgehead atoms. The highest BCUT2D eigenvalue weighted by Crippen LogP contribution is 2.35. The number of hydrogen-bond acceptors (Lipinski definition) is 3. The first-order chi connectivity index (χ1) is 9.94. The molecule has 1 amide bonds. The van der Waals surface area contributed by atoms with E-state index in [2.05, 4.69) is 19.2 Å². The van der Waals surface area contributed by atoms with E-state index in [1.54, 1.807) is 18.2 Å². The Labute approximate surface area is 127 Å². The second-order valence-corrected chi connectivity index (χ2v) is 6.45. The van der Waals surface area contributed by atoms with Crippen molar-refractivity contribution in [1.29, 1.82) is 0 Å². The number of nitrogen functional groups attached to an aromatic ring is 1. The second kappa shape index (κ2) is 6.37. The Morgan fingerprint density at radius 1 is 1.43 bits per heavy atom. The summed E-state index contributed by atoms with van der Waals surface area (Å²) in [6.07, 6.45) is 4.63. The molecule has 0 radical (unpaired) electrons. The van der Waals surface area contributed by atoms with E-state index in [0.717, 1.165) is 12.8 Å². The smallest absolute Gasteiger partial charge is 0.251 e. The van der Waals surface area contributed by atoms with E-state index < -0.39 is 0 Å². The molecule has 0 saturated heterocycles. The van der Waals surface area contributed by atoms with Crippen molar-refractivity contribution in [3.8, 4) is 5.75 Å². The summed E-state index contributed by atoms with van der Waals surface area (Å²) in [5.41, 5.74) is 7.19. The molecular weight excluding hydrogens is 264 g/mol. The number of ether oxygens (including phenoxy) is 1. The molecule has 1 aromatic carbocycles. The number of nitrogens with two attached hydrogens (primary N) is 1. The number of hydrogen-bond donors (Lipinski definition) is 2. The molecule has 1 unspecified atom stereocenters. The maximum atomic E-state index is 12.4. The van der Waals surface area contributed by atoms with Crippen LogP contribution in [0.1, 0.15) is 56.8 Å². The van der Waals surface area contributed by atoms with Crippen LogP contribution in [0.4, 0.5) is 5.69 Å². The first-order valence-corrected chi connectivity index (χ1v) is 7.77. The molecular formula is C17H26N2O2. The summed E-state index contributed by atoms with van der Waals surface area (Å²) in [7, 11) is 0. The maximum Gasteiger partial charge on any atom is 0.251 e. The number of amides is 1. The van der Waals surface area contributed by atoms with Crippen LogP contribution in [-0.2, 0) is 0 Å². The van der Waals surface area contributed by atoms with Crippen molar-refractivity contribution in [3.63, 3.8) is 0 Å². The lowest BCUT2D eigenvalue weighted by atomic mass is 9.73. The Morgan fingerprint density at radius 3 is 2.81 bits per heavy atom. The quantitative estimate of drug-likeness (QED) is 0.836. The van der Waals surface area contributed by atoms with Crippen LogP contribution >= 0.6 is 0 Å². The molecule has 0 aromatic heterocycles. The van der Waals surface area contributed by atoms with Gasteiger partial charge in [-0.3, -0.25) is 4.79 Å². The van der Waals surface area contributed by atoms with Gasteiger partial charge in [0.15, 0.2) is 0 Å². The standard InChI is InChI=1S/C17H26N2O2/c1-4-21-14-9-8-12(11-13(14)18)16(20)19-15-7-5-6-10-17(15,2)3/h8-9,11,15H,4-7,10,18H2,1-3H3,(H,19,20). The zero-order valence-electron chi connectivity index (χ0n) is 13.2. The minimum absolute atomic E-state index is 0.0512. The highest BCUT2D eigenvalue weighted by Gasteiger charge is 2.33. The summed E-state index contributed by atoms with van der Waals surface area (Å²) in [5.74, 6) is 0.580. The van der Waals surface area contributed by atoms with Crippen molar-refractivity contribution in [2.24, 2.45) is 5.41 Å². The Morgan fingerprint density at radius 2 is 2.19 bits per heavy atom. The van der Waals surface area contributed by atoms with Gasteiger partial charge in [-0.15, -0.1) is 0 Å². The molecule has 1 aliphatic carbocycles. The molecule has 1 fully saturated rings. The minimum atomic E-state index is -0.0512. The molecule has 1 saturated carbocycles. The molecule has 21 heavy (non-hydrogen) atoms. The molecule has 3 N–H and O–H groups in total. The van der Waals surface area contributed by atoms with E-state index in [1.807, 2.05) is 6.92 Å². The van der Waals surface area contributed by atoms with E-state index in [9.17, 15) is 4.79 Å². The van der Waals surface area contributed by atoms with Gasteiger partial charge in [0.05, 0.1) is 12.3 Å². The maximum absolute atomic E-state index is 12.4. The number of carbonyl (C=O) groups is 1. The SMILES string of the molecule is CCOc1ccc(C(=O)NC2CCCCC2(C)C)cc1N. The average Bonchev–Trinajstić information content (AvgIpc) is 2.43. The fraction of sp³-hybridized carbons (Fsp3) is 0.588. The summed E-state index contributed by atoms with van der Waals surface area (Å²) in [5, 5.41) is 3.17. The molecule has 1 atom stereocenters. The van der Waals surface area contributed by atoms with Crippen LogP contribution in [0.15, 0.2) is 18.2 Å². The van der Waals surface area contributed by atoms with Gasteiger partial charge in [-0.25, -0.2) is 0 Å². The summed E-state index contributed by atoms with van der Waals surface area (Å²) in [6, 6.07) is 5.45. The fourth-order valence-corrected chi connectivity index (χ4v) is 2.98. The number of benzene rings is 1. The van der Waals surface area contributed by atoms with Gasteiger partial charge in [-0.1, -0.05) is 26.7 Å². The second-order valence-electron chi connectivity index (χ2n) is 6.45. The van der Waals surface area contributed by atoms with Crippen LogP contribution in [0, 0.1) is 5.41 Å².